The molecule has 2 nitrogen and oxygen atoms in total. The molecule has 0 aliphatic rings. The summed E-state index contributed by atoms with van der Waals surface area (Å²) in [6, 6.07) is 2.12. The van der Waals surface area contributed by atoms with Crippen LogP contribution in [0.25, 0.3) is 0 Å². The first-order valence-electron chi connectivity index (χ1n) is 4.69. The number of aliphatic hydroxyl groups is 1. The fourth-order valence-corrected chi connectivity index (χ4v) is 3.58. The van der Waals surface area contributed by atoms with Gasteiger partial charge in [-0.2, -0.15) is 0 Å². The lowest BCUT2D eigenvalue weighted by Crippen LogP contribution is -2.14. The minimum atomic E-state index is 0.214. The van der Waals surface area contributed by atoms with E-state index in [9.17, 15) is 0 Å². The normalized spacial score (nSPS) is 15.4. The van der Waals surface area contributed by atoms with Gasteiger partial charge in [0.1, 0.15) is 0 Å². The fraction of sp³-hybridized carbons (Fsp3) is 0.600. The van der Waals surface area contributed by atoms with Gasteiger partial charge in [-0.25, -0.2) is 0 Å². The topological polar surface area (TPSA) is 46.2 Å². The van der Waals surface area contributed by atoms with Crippen LogP contribution < -0.4 is 5.73 Å². The van der Waals surface area contributed by atoms with E-state index < -0.39 is 0 Å². The summed E-state index contributed by atoms with van der Waals surface area (Å²) < 4.78 is 0. The largest absolute Gasteiger partial charge is 0.395 e. The zero-order valence-corrected chi connectivity index (χ0v) is 10.2. The zero-order chi connectivity index (χ0) is 10.6. The van der Waals surface area contributed by atoms with Gasteiger partial charge in [0.15, 0.2) is 0 Å². The van der Waals surface area contributed by atoms with Gasteiger partial charge in [-0.15, -0.1) is 23.1 Å². The van der Waals surface area contributed by atoms with Crippen molar-refractivity contribution < 1.29 is 5.11 Å². The molecule has 2 atom stereocenters. The highest BCUT2D eigenvalue weighted by Crippen LogP contribution is 2.35. The van der Waals surface area contributed by atoms with Crippen molar-refractivity contribution in [3.8, 4) is 0 Å². The smallest absolute Gasteiger partial charge is 0.0547 e. The Kier molecular flexibility index (Phi) is 4.95. The molecule has 0 amide bonds. The Balaban J connectivity index is 2.67. The third-order valence-corrected chi connectivity index (χ3v) is 4.71. The Morgan fingerprint density at radius 2 is 2.36 bits per heavy atom. The summed E-state index contributed by atoms with van der Waals surface area (Å²) >= 11 is 3.50. The van der Waals surface area contributed by atoms with Gasteiger partial charge >= 0.3 is 0 Å². The number of nitrogens with two attached hydrogens (primary N) is 1. The van der Waals surface area contributed by atoms with Crippen molar-refractivity contribution in [1.82, 2.24) is 0 Å². The summed E-state index contributed by atoms with van der Waals surface area (Å²) in [5, 5.41) is 11.7. The molecule has 1 rings (SSSR count). The van der Waals surface area contributed by atoms with E-state index in [0.29, 0.717) is 11.8 Å². The highest BCUT2D eigenvalue weighted by Gasteiger charge is 2.16. The molecule has 0 saturated carbocycles. The molecule has 0 aliphatic heterocycles. The molecule has 2 unspecified atom stereocenters. The van der Waals surface area contributed by atoms with E-state index in [2.05, 4.69) is 18.4 Å². The summed E-state index contributed by atoms with van der Waals surface area (Å²) in [4.78, 5) is 1.35. The van der Waals surface area contributed by atoms with Gasteiger partial charge < -0.3 is 10.8 Å². The molecule has 0 aromatic carbocycles. The van der Waals surface area contributed by atoms with Crippen molar-refractivity contribution in [2.24, 2.45) is 5.73 Å². The molecule has 0 radical (unpaired) electrons. The molecule has 0 spiro atoms. The van der Waals surface area contributed by atoms with Gasteiger partial charge in [0.05, 0.1) is 11.9 Å². The van der Waals surface area contributed by atoms with E-state index in [-0.39, 0.29) is 11.9 Å². The maximum absolute atomic E-state index is 8.99. The minimum absolute atomic E-state index is 0.214. The zero-order valence-electron chi connectivity index (χ0n) is 8.56. The Hall–Kier alpha value is -0.0300. The average Bonchev–Trinajstić information content (AvgIpc) is 2.60. The molecule has 14 heavy (non-hydrogen) atoms. The van der Waals surface area contributed by atoms with Gasteiger partial charge in [-0.05, 0) is 23.9 Å². The van der Waals surface area contributed by atoms with Crippen LogP contribution >= 0.6 is 23.1 Å². The molecule has 0 fully saturated rings. The van der Waals surface area contributed by atoms with Crippen molar-refractivity contribution in [3.63, 3.8) is 0 Å². The number of hydrogen-bond donors (Lipinski definition) is 2. The van der Waals surface area contributed by atoms with E-state index in [1.54, 1.807) is 23.1 Å². The van der Waals surface area contributed by atoms with Crippen LogP contribution in [0.15, 0.2) is 11.4 Å². The molecule has 0 aliphatic carbocycles. The lowest BCUT2D eigenvalue weighted by molar-refractivity contribution is 0.300. The maximum Gasteiger partial charge on any atom is 0.0547 e. The second kappa shape index (κ2) is 5.75. The molecule has 0 bridgehead atoms. The highest BCUT2D eigenvalue weighted by molar-refractivity contribution is 8.00. The molecular formula is C10H17NOS2. The summed E-state index contributed by atoms with van der Waals surface area (Å²) in [7, 11) is 0. The lowest BCUT2D eigenvalue weighted by Gasteiger charge is -2.17. The predicted octanol–water partition coefficient (Wildman–Crippen LogP) is 2.17. The summed E-state index contributed by atoms with van der Waals surface area (Å²) in [6.07, 6.45) is 0. The standard InChI is InChI=1S/C10H17NOS2/c1-7-3-4-13-10(7)9(5-11)14-8(2)6-12/h3-4,8-9,12H,5-6,11H2,1-2H3. The minimum Gasteiger partial charge on any atom is -0.395 e. The van der Waals surface area contributed by atoms with Crippen LogP contribution in [0.4, 0.5) is 0 Å². The number of rotatable bonds is 5. The van der Waals surface area contributed by atoms with Crippen LogP contribution in [-0.2, 0) is 0 Å². The van der Waals surface area contributed by atoms with Gasteiger partial charge in [0.25, 0.3) is 0 Å². The van der Waals surface area contributed by atoms with Gasteiger partial charge in [0, 0.05) is 16.7 Å². The summed E-state index contributed by atoms with van der Waals surface area (Å²) in [5.74, 6) is 0. The number of aryl methyl sites for hydroxylation is 1. The first-order chi connectivity index (χ1) is 6.69. The first-order valence-corrected chi connectivity index (χ1v) is 6.51. The molecule has 1 heterocycles. The Morgan fingerprint density at radius 3 is 2.79 bits per heavy atom. The van der Waals surface area contributed by atoms with E-state index in [1.165, 1.54) is 10.4 Å². The SMILES string of the molecule is Cc1ccsc1C(CN)SC(C)CO. The molecular weight excluding hydrogens is 214 g/mol. The van der Waals surface area contributed by atoms with Crippen LogP contribution in [0.3, 0.4) is 0 Å². The van der Waals surface area contributed by atoms with Crippen molar-refractivity contribution in [2.75, 3.05) is 13.2 Å². The third kappa shape index (κ3) is 2.98. The predicted molar refractivity (Wildman–Crippen MR) is 65.0 cm³/mol. The monoisotopic (exact) mass is 231 g/mol. The Labute approximate surface area is 93.5 Å². The summed E-state index contributed by atoms with van der Waals surface area (Å²) in [5.41, 5.74) is 7.05. The van der Waals surface area contributed by atoms with Crippen molar-refractivity contribution in [3.05, 3.63) is 21.9 Å². The molecule has 0 saturated heterocycles. The Bertz CT molecular complexity index is 275. The van der Waals surface area contributed by atoms with Crippen molar-refractivity contribution in [2.45, 2.75) is 24.3 Å². The number of aliphatic hydroxyl groups excluding tert-OH is 1. The van der Waals surface area contributed by atoms with Crippen molar-refractivity contribution in [1.29, 1.82) is 0 Å². The molecule has 80 valence electrons. The summed E-state index contributed by atoms with van der Waals surface area (Å²) in [6.45, 7) is 4.98. The van der Waals surface area contributed by atoms with E-state index >= 15 is 0 Å². The van der Waals surface area contributed by atoms with Crippen LogP contribution in [-0.4, -0.2) is 23.5 Å². The van der Waals surface area contributed by atoms with Crippen molar-refractivity contribution >= 4 is 23.1 Å². The Morgan fingerprint density at radius 1 is 1.64 bits per heavy atom. The van der Waals surface area contributed by atoms with Crippen LogP contribution in [0.5, 0.6) is 0 Å². The van der Waals surface area contributed by atoms with Crippen LogP contribution in [0.2, 0.25) is 0 Å². The molecule has 1 aromatic heterocycles. The number of thioether (sulfide) groups is 1. The van der Waals surface area contributed by atoms with Gasteiger partial charge in [-0.1, -0.05) is 6.92 Å². The van der Waals surface area contributed by atoms with Gasteiger partial charge in [-0.3, -0.25) is 0 Å². The second-order valence-electron chi connectivity index (χ2n) is 3.32. The van der Waals surface area contributed by atoms with E-state index in [1.807, 2.05) is 6.92 Å². The van der Waals surface area contributed by atoms with Gasteiger partial charge in [0.2, 0.25) is 0 Å². The first kappa shape index (κ1) is 12.0. The quantitative estimate of drug-likeness (QED) is 0.816. The third-order valence-electron chi connectivity index (χ3n) is 2.06. The maximum atomic E-state index is 8.99. The average molecular weight is 231 g/mol. The van der Waals surface area contributed by atoms with E-state index in [0.717, 1.165) is 0 Å². The second-order valence-corrected chi connectivity index (χ2v) is 5.92. The molecule has 1 aromatic rings. The highest BCUT2D eigenvalue weighted by atomic mass is 32.2. The lowest BCUT2D eigenvalue weighted by atomic mass is 10.2. The van der Waals surface area contributed by atoms with Crippen LogP contribution in [0.1, 0.15) is 22.6 Å². The molecule has 4 heteroatoms. The fourth-order valence-electron chi connectivity index (χ4n) is 1.26. The van der Waals surface area contributed by atoms with E-state index in [4.69, 9.17) is 10.8 Å². The number of hydrogen-bond acceptors (Lipinski definition) is 4. The molecule has 3 N–H and O–H groups in total. The van der Waals surface area contributed by atoms with Crippen LogP contribution in [0, 0.1) is 6.92 Å². The number of thiophene rings is 1.